The van der Waals surface area contributed by atoms with E-state index in [1.165, 1.54) is 119 Å². The van der Waals surface area contributed by atoms with E-state index in [0.717, 1.165) is 24.9 Å². The van der Waals surface area contributed by atoms with Crippen molar-refractivity contribution in [3.05, 3.63) is 70.8 Å². The summed E-state index contributed by atoms with van der Waals surface area (Å²) in [6.07, 6.45) is 23.5. The Morgan fingerprint density at radius 3 is 1.07 bits per heavy atom. The third-order valence-corrected chi connectivity index (χ3v) is 11.6. The summed E-state index contributed by atoms with van der Waals surface area (Å²) < 4.78 is 10.3. The Labute approximate surface area is 349 Å². The smallest absolute Gasteiger partial charge is 0.326 e. The zero-order chi connectivity index (χ0) is 42.2. The number of nitrogens with zero attached hydrogens (tertiary/aromatic N) is 2. The minimum Gasteiger partial charge on any atom is -0.480 e. The third kappa shape index (κ3) is 15.4. The molecule has 2 aromatic carbocycles. The van der Waals surface area contributed by atoms with E-state index in [1.54, 1.807) is 13.8 Å². The average Bonchev–Trinajstić information content (AvgIpc) is 3.17. The van der Waals surface area contributed by atoms with E-state index in [1.807, 2.05) is 4.90 Å². The number of aliphatic carboxylic acids is 2. The number of carbonyl (C=O) groups excluding carboxylic acids is 2. The van der Waals surface area contributed by atoms with Crippen molar-refractivity contribution in [1.29, 1.82) is 0 Å². The van der Waals surface area contributed by atoms with E-state index in [0.29, 0.717) is 19.6 Å². The molecule has 0 amide bonds. The molecule has 2 heterocycles. The molecule has 324 valence electrons. The van der Waals surface area contributed by atoms with E-state index >= 15 is 0 Å². The Hall–Kier alpha value is -3.76. The molecule has 2 fully saturated rings. The van der Waals surface area contributed by atoms with Crippen molar-refractivity contribution < 1.29 is 38.9 Å². The zero-order valence-electron chi connectivity index (χ0n) is 36.2. The molecule has 4 rings (SSSR count). The maximum atomic E-state index is 12.4. The highest BCUT2D eigenvalue weighted by Gasteiger charge is 2.58. The van der Waals surface area contributed by atoms with Gasteiger partial charge >= 0.3 is 23.9 Å². The minimum absolute atomic E-state index is 0.0671. The second kappa shape index (κ2) is 26.4. The normalized spacial score (nSPS) is 15.7. The molecule has 0 aromatic heterocycles. The number of aryl methyl sites for hydroxylation is 2. The van der Waals surface area contributed by atoms with Gasteiger partial charge in [0.1, 0.15) is 0 Å². The second-order valence-corrected chi connectivity index (χ2v) is 16.6. The van der Waals surface area contributed by atoms with Crippen LogP contribution in [0.2, 0.25) is 0 Å². The molecule has 2 N–H and O–H groups in total. The molecule has 0 bridgehead atoms. The molecule has 2 saturated heterocycles. The van der Waals surface area contributed by atoms with Gasteiger partial charge in [-0.3, -0.25) is 29.0 Å². The molecule has 0 aliphatic carbocycles. The van der Waals surface area contributed by atoms with Crippen molar-refractivity contribution in [3.63, 3.8) is 0 Å². The van der Waals surface area contributed by atoms with Crippen LogP contribution >= 0.6 is 0 Å². The number of carbonyl (C=O) groups is 4. The van der Waals surface area contributed by atoms with Crippen molar-refractivity contribution in [2.45, 2.75) is 156 Å². The van der Waals surface area contributed by atoms with E-state index < -0.39 is 34.7 Å². The highest BCUT2D eigenvalue weighted by Crippen LogP contribution is 2.35. The quantitative estimate of drug-likeness (QED) is 0.0487. The third-order valence-electron chi connectivity index (χ3n) is 11.6. The molecule has 0 spiro atoms. The van der Waals surface area contributed by atoms with Crippen molar-refractivity contribution in [2.75, 3.05) is 39.4 Å². The first-order chi connectivity index (χ1) is 28.0. The lowest BCUT2D eigenvalue weighted by molar-refractivity contribution is -0.186. The number of ether oxygens (including phenoxy) is 2. The Balaban J connectivity index is 0.000000313. The Morgan fingerprint density at radius 1 is 0.466 bits per heavy atom. The van der Waals surface area contributed by atoms with E-state index in [2.05, 4.69) is 67.3 Å². The summed E-state index contributed by atoms with van der Waals surface area (Å²) in [4.78, 5) is 51.1. The van der Waals surface area contributed by atoms with E-state index in [9.17, 15) is 19.2 Å². The first-order valence-corrected chi connectivity index (χ1v) is 22.4. The van der Waals surface area contributed by atoms with Crippen LogP contribution in [0, 0.1) is 10.8 Å². The lowest BCUT2D eigenvalue weighted by Crippen LogP contribution is -2.64. The molecular weight excluding hydrogens is 733 g/mol. The topological polar surface area (TPSA) is 134 Å². The molecule has 0 atom stereocenters. The molecule has 0 saturated carbocycles. The molecular formula is C48H74N2O8. The van der Waals surface area contributed by atoms with Gasteiger partial charge in [0.2, 0.25) is 0 Å². The molecule has 10 nitrogen and oxygen atoms in total. The van der Waals surface area contributed by atoms with Gasteiger partial charge in [-0.05, 0) is 61.8 Å². The number of carboxylic acid groups (broad SMARTS) is 2. The van der Waals surface area contributed by atoms with Crippen LogP contribution in [0.15, 0.2) is 48.5 Å². The van der Waals surface area contributed by atoms with Gasteiger partial charge in [0, 0.05) is 39.3 Å². The lowest BCUT2D eigenvalue weighted by Gasteiger charge is -2.45. The molecule has 2 aliphatic heterocycles. The number of rotatable bonds is 28. The molecule has 0 radical (unpaired) electrons. The number of unbranched alkanes of at least 4 members (excludes halogenated alkanes) is 14. The zero-order valence-corrected chi connectivity index (χ0v) is 36.2. The summed E-state index contributed by atoms with van der Waals surface area (Å²) in [6.45, 7) is 10.7. The van der Waals surface area contributed by atoms with Gasteiger partial charge in [-0.25, -0.2) is 0 Å². The van der Waals surface area contributed by atoms with Crippen LogP contribution in [0.1, 0.15) is 153 Å². The Morgan fingerprint density at radius 2 is 0.759 bits per heavy atom. The molecule has 2 aliphatic rings. The maximum Gasteiger partial charge on any atom is 0.326 e. The average molecular weight is 807 g/mol. The SMILES string of the molecule is CCCCCCCCCCc1ccc(CN2CC(C(=O)O)(C(=O)O)C2)cc1.CCCCCCCCCCc1ccc(CN2CC(C(=O)OCC)(C(=O)OCC)C2)cc1. The van der Waals surface area contributed by atoms with Crippen LogP contribution in [0.25, 0.3) is 0 Å². The summed E-state index contributed by atoms with van der Waals surface area (Å²) in [7, 11) is 0. The maximum absolute atomic E-state index is 12.4. The van der Waals surface area contributed by atoms with Gasteiger partial charge < -0.3 is 19.7 Å². The summed E-state index contributed by atoms with van der Waals surface area (Å²) in [5, 5.41) is 18.3. The van der Waals surface area contributed by atoms with Crippen LogP contribution in [0.3, 0.4) is 0 Å². The fraction of sp³-hybridized carbons (Fsp3) is 0.667. The predicted octanol–water partition coefficient (Wildman–Crippen LogP) is 9.64. The second-order valence-electron chi connectivity index (χ2n) is 16.6. The highest BCUT2D eigenvalue weighted by atomic mass is 16.6. The number of benzene rings is 2. The van der Waals surface area contributed by atoms with Crippen molar-refractivity contribution in [3.8, 4) is 0 Å². The summed E-state index contributed by atoms with van der Waals surface area (Å²) in [5.74, 6) is -3.42. The van der Waals surface area contributed by atoms with Gasteiger partial charge in [0.15, 0.2) is 10.8 Å². The summed E-state index contributed by atoms with van der Waals surface area (Å²) in [6, 6.07) is 17.2. The van der Waals surface area contributed by atoms with E-state index in [-0.39, 0.29) is 26.3 Å². The number of hydrogen-bond donors (Lipinski definition) is 2. The Bertz CT molecular complexity index is 1460. The molecule has 0 unspecified atom stereocenters. The van der Waals surface area contributed by atoms with Crippen LogP contribution in [-0.2, 0) is 54.6 Å². The van der Waals surface area contributed by atoms with Gasteiger partial charge in [-0.1, -0.05) is 152 Å². The fourth-order valence-corrected chi connectivity index (χ4v) is 7.96. The Kier molecular flexibility index (Phi) is 22.1. The van der Waals surface area contributed by atoms with Gasteiger partial charge in [-0.15, -0.1) is 0 Å². The molecule has 10 heteroatoms. The van der Waals surface area contributed by atoms with E-state index in [4.69, 9.17) is 19.7 Å². The highest BCUT2D eigenvalue weighted by molar-refractivity contribution is 6.02. The predicted molar refractivity (Wildman–Crippen MR) is 229 cm³/mol. The monoisotopic (exact) mass is 807 g/mol. The van der Waals surface area contributed by atoms with Crippen LogP contribution in [-0.4, -0.2) is 83.3 Å². The molecule has 2 aromatic rings. The van der Waals surface area contributed by atoms with Gasteiger partial charge in [0.05, 0.1) is 13.2 Å². The first-order valence-electron chi connectivity index (χ1n) is 22.4. The van der Waals surface area contributed by atoms with Crippen LogP contribution in [0.4, 0.5) is 0 Å². The standard InChI is InChI=1S/C26H41NO4.C22H33NO4/c1-4-7-8-9-10-11-12-13-14-22-15-17-23(18-16-22)19-27-20-26(21-27,24(28)30-5-2)25(29)31-6-3;1-2-3-4-5-6-7-8-9-10-18-11-13-19(14-12-18)15-23-16-22(17-23,20(24)25)21(26)27/h15-18H,4-14,19-21H2,1-3H3;11-14H,2-10,15-17H2,1H3,(H,24,25)(H,26,27). The fourth-order valence-electron chi connectivity index (χ4n) is 7.96. The number of carboxylic acids is 2. The minimum atomic E-state index is -1.63. The van der Waals surface area contributed by atoms with Crippen molar-refractivity contribution in [2.24, 2.45) is 10.8 Å². The van der Waals surface area contributed by atoms with Crippen molar-refractivity contribution in [1.82, 2.24) is 9.80 Å². The molecule has 58 heavy (non-hydrogen) atoms. The van der Waals surface area contributed by atoms with Crippen LogP contribution < -0.4 is 0 Å². The van der Waals surface area contributed by atoms with Crippen LogP contribution in [0.5, 0.6) is 0 Å². The number of hydrogen-bond acceptors (Lipinski definition) is 8. The van der Waals surface area contributed by atoms with Gasteiger partial charge in [0.25, 0.3) is 0 Å². The number of esters is 2. The lowest BCUT2D eigenvalue weighted by atomic mass is 9.79. The summed E-state index contributed by atoms with van der Waals surface area (Å²) in [5.41, 5.74) is 2.21. The largest absolute Gasteiger partial charge is 0.480 e. The first kappa shape index (κ1) is 48.6. The number of likely N-dealkylation sites (tertiary alicyclic amines) is 2. The van der Waals surface area contributed by atoms with Crippen molar-refractivity contribution >= 4 is 23.9 Å². The van der Waals surface area contributed by atoms with Gasteiger partial charge in [-0.2, -0.15) is 0 Å². The summed E-state index contributed by atoms with van der Waals surface area (Å²) >= 11 is 0.